The summed E-state index contributed by atoms with van der Waals surface area (Å²) in [5.74, 6) is -0.0434. The summed E-state index contributed by atoms with van der Waals surface area (Å²) in [5, 5.41) is 8.90. The molecule has 1 fully saturated rings. The molecule has 1 atom stereocenters. The predicted molar refractivity (Wildman–Crippen MR) is 84.7 cm³/mol. The predicted octanol–water partition coefficient (Wildman–Crippen LogP) is 0.682. The molecular formula is C16H23N3O3. The highest BCUT2D eigenvalue weighted by Gasteiger charge is 2.16. The highest BCUT2D eigenvalue weighted by atomic mass is 16.5. The van der Waals surface area contributed by atoms with Crippen molar-refractivity contribution in [1.29, 1.82) is 0 Å². The van der Waals surface area contributed by atoms with E-state index < -0.39 is 0 Å². The van der Waals surface area contributed by atoms with Gasteiger partial charge in [-0.15, -0.1) is 0 Å². The van der Waals surface area contributed by atoms with Crippen molar-refractivity contribution in [2.45, 2.75) is 25.8 Å². The van der Waals surface area contributed by atoms with Gasteiger partial charge in [0.05, 0.1) is 13.2 Å². The second-order valence-corrected chi connectivity index (χ2v) is 5.41. The van der Waals surface area contributed by atoms with Gasteiger partial charge in [-0.2, -0.15) is 0 Å². The smallest absolute Gasteiger partial charge is 0.221 e. The molecule has 2 amide bonds. The molecule has 0 bridgehead atoms. The molecule has 22 heavy (non-hydrogen) atoms. The Bertz CT molecular complexity index is 496. The first-order valence-electron chi connectivity index (χ1n) is 7.58. The summed E-state index contributed by atoms with van der Waals surface area (Å²) >= 11 is 0. The van der Waals surface area contributed by atoms with Gasteiger partial charge in [0.2, 0.25) is 11.8 Å². The highest BCUT2D eigenvalue weighted by molar-refractivity contribution is 5.88. The standard InChI is InChI=1S/C16H23N3O3/c1-12(20)19-14-4-2-13(3-5-14)6-7-18-16(21)10-15-11-22-9-8-17-15/h2-5,15,17H,6-11H2,1H3,(H,18,21)(H,19,20). The molecule has 6 nitrogen and oxygen atoms in total. The lowest BCUT2D eigenvalue weighted by molar-refractivity contribution is -0.122. The van der Waals surface area contributed by atoms with Crippen molar-refractivity contribution < 1.29 is 14.3 Å². The molecular weight excluding hydrogens is 282 g/mol. The molecule has 3 N–H and O–H groups in total. The van der Waals surface area contributed by atoms with E-state index in [9.17, 15) is 9.59 Å². The van der Waals surface area contributed by atoms with Crippen LogP contribution >= 0.6 is 0 Å². The Kier molecular flexibility index (Phi) is 6.36. The number of benzene rings is 1. The van der Waals surface area contributed by atoms with Crippen LogP contribution in [0.1, 0.15) is 18.9 Å². The van der Waals surface area contributed by atoms with Crippen LogP contribution in [0, 0.1) is 0 Å². The Morgan fingerprint density at radius 1 is 1.32 bits per heavy atom. The largest absolute Gasteiger partial charge is 0.378 e. The number of carbonyl (C=O) groups excluding carboxylic acids is 2. The zero-order valence-corrected chi connectivity index (χ0v) is 12.9. The van der Waals surface area contributed by atoms with Crippen LogP contribution in [0.2, 0.25) is 0 Å². The van der Waals surface area contributed by atoms with Gasteiger partial charge in [-0.25, -0.2) is 0 Å². The van der Waals surface area contributed by atoms with Crippen LogP contribution < -0.4 is 16.0 Å². The van der Waals surface area contributed by atoms with Crippen molar-refractivity contribution in [2.75, 3.05) is 31.6 Å². The number of ether oxygens (including phenoxy) is 1. The van der Waals surface area contributed by atoms with Crippen molar-refractivity contribution in [2.24, 2.45) is 0 Å². The van der Waals surface area contributed by atoms with E-state index >= 15 is 0 Å². The fourth-order valence-corrected chi connectivity index (χ4v) is 2.35. The van der Waals surface area contributed by atoms with Crippen LogP contribution in [-0.4, -0.2) is 44.2 Å². The average Bonchev–Trinajstić information content (AvgIpc) is 2.49. The minimum Gasteiger partial charge on any atom is -0.378 e. The van der Waals surface area contributed by atoms with Gasteiger partial charge in [-0.1, -0.05) is 12.1 Å². The SMILES string of the molecule is CC(=O)Nc1ccc(CCNC(=O)CC2COCCN2)cc1. The monoisotopic (exact) mass is 305 g/mol. The Balaban J connectivity index is 1.67. The Morgan fingerprint density at radius 2 is 2.09 bits per heavy atom. The molecule has 0 aromatic heterocycles. The lowest BCUT2D eigenvalue weighted by atomic mass is 10.1. The average molecular weight is 305 g/mol. The van der Waals surface area contributed by atoms with Gasteiger partial charge in [0, 0.05) is 38.2 Å². The lowest BCUT2D eigenvalue weighted by Crippen LogP contribution is -2.44. The molecule has 6 heteroatoms. The number of anilines is 1. The molecule has 0 radical (unpaired) electrons. The molecule has 1 saturated heterocycles. The van der Waals surface area contributed by atoms with E-state index in [0.717, 1.165) is 24.2 Å². The van der Waals surface area contributed by atoms with Crippen molar-refractivity contribution >= 4 is 17.5 Å². The van der Waals surface area contributed by atoms with Gasteiger partial charge in [0.1, 0.15) is 0 Å². The van der Waals surface area contributed by atoms with Gasteiger partial charge < -0.3 is 20.7 Å². The van der Waals surface area contributed by atoms with Gasteiger partial charge in [0.25, 0.3) is 0 Å². The van der Waals surface area contributed by atoms with Gasteiger partial charge >= 0.3 is 0 Å². The number of nitrogens with one attached hydrogen (secondary N) is 3. The summed E-state index contributed by atoms with van der Waals surface area (Å²) in [5.41, 5.74) is 1.90. The highest BCUT2D eigenvalue weighted by Crippen LogP contribution is 2.09. The van der Waals surface area contributed by atoms with E-state index in [-0.39, 0.29) is 17.9 Å². The number of carbonyl (C=O) groups is 2. The maximum absolute atomic E-state index is 11.8. The van der Waals surface area contributed by atoms with Crippen LogP contribution in [0.25, 0.3) is 0 Å². The third kappa shape index (κ3) is 5.83. The Hall–Kier alpha value is -1.92. The topological polar surface area (TPSA) is 79.5 Å². The number of hydrogen-bond donors (Lipinski definition) is 3. The summed E-state index contributed by atoms with van der Waals surface area (Å²) in [6.45, 7) is 4.20. The molecule has 2 rings (SSSR count). The zero-order valence-electron chi connectivity index (χ0n) is 12.9. The quantitative estimate of drug-likeness (QED) is 0.722. The Morgan fingerprint density at radius 3 is 2.73 bits per heavy atom. The van der Waals surface area contributed by atoms with Gasteiger partial charge in [-0.3, -0.25) is 9.59 Å². The Labute approximate surface area is 130 Å². The molecule has 0 spiro atoms. The van der Waals surface area contributed by atoms with Crippen molar-refractivity contribution in [3.63, 3.8) is 0 Å². The van der Waals surface area contributed by atoms with Crippen LogP contribution in [-0.2, 0) is 20.7 Å². The first-order valence-corrected chi connectivity index (χ1v) is 7.58. The van der Waals surface area contributed by atoms with Crippen LogP contribution in [0.15, 0.2) is 24.3 Å². The maximum atomic E-state index is 11.8. The molecule has 1 unspecified atom stereocenters. The normalized spacial score (nSPS) is 17.8. The summed E-state index contributed by atoms with van der Waals surface area (Å²) in [4.78, 5) is 22.8. The maximum Gasteiger partial charge on any atom is 0.221 e. The van der Waals surface area contributed by atoms with E-state index in [1.54, 1.807) is 0 Å². The van der Waals surface area contributed by atoms with E-state index in [1.165, 1.54) is 6.92 Å². The molecule has 1 heterocycles. The fraction of sp³-hybridized carbons (Fsp3) is 0.500. The first kappa shape index (κ1) is 16.5. The van der Waals surface area contributed by atoms with Gasteiger partial charge in [0.15, 0.2) is 0 Å². The second kappa shape index (κ2) is 8.51. The van der Waals surface area contributed by atoms with Crippen LogP contribution in [0.5, 0.6) is 0 Å². The fourth-order valence-electron chi connectivity index (χ4n) is 2.35. The second-order valence-electron chi connectivity index (χ2n) is 5.41. The van der Waals surface area contributed by atoms with Crippen molar-refractivity contribution in [3.8, 4) is 0 Å². The molecule has 1 aromatic rings. The van der Waals surface area contributed by atoms with E-state index in [2.05, 4.69) is 16.0 Å². The number of amides is 2. The van der Waals surface area contributed by atoms with Crippen molar-refractivity contribution in [3.05, 3.63) is 29.8 Å². The van der Waals surface area contributed by atoms with E-state index in [0.29, 0.717) is 26.2 Å². The number of hydrogen-bond acceptors (Lipinski definition) is 4. The third-order valence-electron chi connectivity index (χ3n) is 3.44. The lowest BCUT2D eigenvalue weighted by Gasteiger charge is -2.23. The molecule has 1 aromatic carbocycles. The summed E-state index contributed by atoms with van der Waals surface area (Å²) in [7, 11) is 0. The molecule has 0 aliphatic carbocycles. The molecule has 1 aliphatic heterocycles. The number of morpholine rings is 1. The minimum absolute atomic E-state index is 0.0397. The minimum atomic E-state index is -0.0830. The summed E-state index contributed by atoms with van der Waals surface area (Å²) in [6, 6.07) is 7.75. The molecule has 0 saturated carbocycles. The number of rotatable bonds is 6. The third-order valence-corrected chi connectivity index (χ3v) is 3.44. The summed E-state index contributed by atoms with van der Waals surface area (Å²) in [6.07, 6.45) is 1.21. The molecule has 1 aliphatic rings. The van der Waals surface area contributed by atoms with E-state index in [1.807, 2.05) is 24.3 Å². The zero-order chi connectivity index (χ0) is 15.8. The van der Waals surface area contributed by atoms with E-state index in [4.69, 9.17) is 4.74 Å². The van der Waals surface area contributed by atoms with Crippen molar-refractivity contribution in [1.82, 2.24) is 10.6 Å². The molecule has 120 valence electrons. The van der Waals surface area contributed by atoms with Crippen LogP contribution in [0.3, 0.4) is 0 Å². The van der Waals surface area contributed by atoms with Crippen LogP contribution in [0.4, 0.5) is 5.69 Å². The summed E-state index contributed by atoms with van der Waals surface area (Å²) < 4.78 is 5.32. The van der Waals surface area contributed by atoms with Gasteiger partial charge in [-0.05, 0) is 24.1 Å². The first-order chi connectivity index (χ1) is 10.6.